The van der Waals surface area contributed by atoms with Crippen molar-refractivity contribution in [2.24, 2.45) is 17.8 Å². The lowest BCUT2D eigenvalue weighted by atomic mass is 9.94. The van der Waals surface area contributed by atoms with Crippen LogP contribution in [0.5, 0.6) is 0 Å². The molecule has 1 saturated heterocycles. The van der Waals surface area contributed by atoms with Crippen LogP contribution >= 0.6 is 0 Å². The maximum Gasteiger partial charge on any atom is 0.327 e. The van der Waals surface area contributed by atoms with Gasteiger partial charge in [0.2, 0.25) is 35.4 Å². The van der Waals surface area contributed by atoms with E-state index >= 15 is 0 Å². The normalized spacial score (nSPS) is 27.8. The van der Waals surface area contributed by atoms with E-state index < -0.39 is 126 Å². The summed E-state index contributed by atoms with van der Waals surface area (Å²) in [5.74, 6) is -12.1. The van der Waals surface area contributed by atoms with E-state index in [4.69, 9.17) is 4.74 Å². The van der Waals surface area contributed by atoms with Crippen molar-refractivity contribution in [2.45, 2.75) is 122 Å². The van der Waals surface area contributed by atoms with E-state index in [1.54, 1.807) is 26.2 Å². The molecule has 9 N–H and O–H groups in total. The highest BCUT2D eigenvalue weighted by Crippen LogP contribution is 2.20. The van der Waals surface area contributed by atoms with Crippen molar-refractivity contribution >= 4 is 53.3 Å². The second-order valence-electron chi connectivity index (χ2n) is 17.5. The molecule has 1 fully saturated rings. The van der Waals surface area contributed by atoms with Crippen molar-refractivity contribution in [1.82, 2.24) is 36.8 Å². The third kappa shape index (κ3) is 17.3. The molecule has 376 valence electrons. The summed E-state index contributed by atoms with van der Waals surface area (Å²) in [4.78, 5) is 121. The van der Waals surface area contributed by atoms with Crippen LogP contribution in [-0.4, -0.2) is 136 Å². The Morgan fingerprint density at radius 1 is 0.841 bits per heavy atom. The standard InChI is InChI=1S/C49H67N7O13/c1-26(23-27(2)39(69-9)25-33-13-11-10-12-14-33)15-20-36-28(3)42(59)53-37(48(65)66)21-22-40(58)56(8)32(7)46(63)51-31(6)45(62)54-38(24-34-16-18-35(57)19-17-34)47(64)55-41(49(67)68)29(4)43(60)50-30(5)44(61)52-36/h10-18,20,23,27-31,35-39,41,57H,7,19,21-22,24-25H2,1-6,8-9H3,(H,50,60)(H,51,63)(H,52,61)(H,53,59)(H,54,62)(H,55,64)(H,65,66)(H,67,68). The third-order valence-corrected chi connectivity index (χ3v) is 12.0. The Hall–Kier alpha value is -6.93. The number of nitrogens with zero attached hydrogens (tertiary/aromatic N) is 1. The maximum atomic E-state index is 13.9. The summed E-state index contributed by atoms with van der Waals surface area (Å²) in [6.45, 7) is 12.6. The zero-order chi connectivity index (χ0) is 51.7. The number of aliphatic hydroxyl groups is 1. The first-order chi connectivity index (χ1) is 32.4. The van der Waals surface area contributed by atoms with Gasteiger partial charge in [-0.05, 0) is 51.2 Å². The van der Waals surface area contributed by atoms with Crippen LogP contribution in [-0.2, 0) is 54.3 Å². The van der Waals surface area contributed by atoms with Crippen LogP contribution in [0.3, 0.4) is 0 Å². The predicted molar refractivity (Wildman–Crippen MR) is 253 cm³/mol. The minimum Gasteiger partial charge on any atom is -0.480 e. The van der Waals surface area contributed by atoms with E-state index in [-0.39, 0.29) is 24.9 Å². The van der Waals surface area contributed by atoms with Crippen molar-refractivity contribution in [3.8, 4) is 0 Å². The number of aliphatic hydroxyl groups excluding tert-OH is 1. The quantitative estimate of drug-likeness (QED) is 0.111. The minimum absolute atomic E-state index is 0.100. The van der Waals surface area contributed by atoms with Crippen LogP contribution in [0.1, 0.15) is 72.8 Å². The molecule has 0 aromatic heterocycles. The highest BCUT2D eigenvalue weighted by atomic mass is 16.5. The van der Waals surface area contributed by atoms with Gasteiger partial charge in [-0.2, -0.15) is 0 Å². The Kier molecular flexibility index (Phi) is 21.7. The first kappa shape index (κ1) is 56.4. The minimum atomic E-state index is -1.89. The molecule has 69 heavy (non-hydrogen) atoms. The molecule has 1 aliphatic carbocycles. The molecule has 1 aromatic carbocycles. The Morgan fingerprint density at radius 2 is 1.46 bits per heavy atom. The second kappa shape index (κ2) is 26.6. The largest absolute Gasteiger partial charge is 0.480 e. The van der Waals surface area contributed by atoms with Crippen molar-refractivity contribution in [3.05, 3.63) is 95.8 Å². The van der Waals surface area contributed by atoms with Crippen LogP contribution in [0.2, 0.25) is 0 Å². The number of rotatable bonds is 11. The van der Waals surface area contributed by atoms with E-state index in [1.165, 1.54) is 53.0 Å². The number of likely N-dealkylation sites (N-methyl/N-ethyl adjacent to an activating group) is 1. The van der Waals surface area contributed by atoms with Crippen LogP contribution in [0.15, 0.2) is 90.2 Å². The van der Waals surface area contributed by atoms with Gasteiger partial charge in [0.15, 0.2) is 0 Å². The average Bonchev–Trinajstić information content (AvgIpc) is 3.31. The first-order valence-electron chi connectivity index (χ1n) is 22.7. The molecule has 1 aliphatic heterocycles. The Labute approximate surface area is 402 Å². The van der Waals surface area contributed by atoms with Crippen LogP contribution in [0.25, 0.3) is 0 Å². The molecule has 11 unspecified atom stereocenters. The van der Waals surface area contributed by atoms with Crippen LogP contribution in [0.4, 0.5) is 0 Å². The number of amides is 7. The Morgan fingerprint density at radius 3 is 2.06 bits per heavy atom. The Bertz CT molecular complexity index is 2210. The van der Waals surface area contributed by atoms with Crippen LogP contribution in [0, 0.1) is 17.8 Å². The molecule has 0 bridgehead atoms. The highest BCUT2D eigenvalue weighted by molar-refractivity contribution is 6.00. The summed E-state index contributed by atoms with van der Waals surface area (Å²) >= 11 is 0. The SMILES string of the molecule is C=C1C(=O)NC(C)C(=O)NC(CC2=CCC(O)C=C2)C(=O)NC(C(=O)O)C(C)C(=O)NC(C)C(=O)NC(C=CC(C)=CC(C)C(Cc2ccccc2)OC)C(C)C(=O)NC(C(=O)O)CCC(=O)N1C. The number of nitrogens with one attached hydrogen (secondary N) is 6. The molecule has 1 heterocycles. The van der Waals surface area contributed by atoms with E-state index in [9.17, 15) is 58.5 Å². The highest BCUT2D eigenvalue weighted by Gasteiger charge is 2.37. The molecule has 20 nitrogen and oxygen atoms in total. The zero-order valence-corrected chi connectivity index (χ0v) is 40.3. The topological polar surface area (TPSA) is 299 Å². The lowest BCUT2D eigenvalue weighted by Gasteiger charge is -2.27. The zero-order valence-electron chi connectivity index (χ0n) is 40.3. The predicted octanol–water partition coefficient (Wildman–Crippen LogP) is 1.18. The van der Waals surface area contributed by atoms with Crippen molar-refractivity contribution < 1.29 is 63.2 Å². The summed E-state index contributed by atoms with van der Waals surface area (Å²) in [6, 6.07) is 0.951. The fourth-order valence-corrected chi connectivity index (χ4v) is 7.36. The fraction of sp³-hybridized carbons (Fsp3) is 0.490. The molecule has 0 spiro atoms. The summed E-state index contributed by atoms with van der Waals surface area (Å²) in [5.41, 5.74) is 1.87. The van der Waals surface area contributed by atoms with Crippen molar-refractivity contribution in [1.29, 1.82) is 0 Å². The van der Waals surface area contributed by atoms with E-state index in [0.717, 1.165) is 16.0 Å². The molecular formula is C49H67N7O13. The molecule has 7 amide bonds. The van der Waals surface area contributed by atoms with Gasteiger partial charge in [-0.25, -0.2) is 9.59 Å². The molecule has 11 atom stereocenters. The summed E-state index contributed by atoms with van der Waals surface area (Å²) < 4.78 is 5.79. The summed E-state index contributed by atoms with van der Waals surface area (Å²) in [7, 11) is 2.82. The lowest BCUT2D eigenvalue weighted by molar-refractivity contribution is -0.146. The van der Waals surface area contributed by atoms with Gasteiger partial charge in [-0.15, -0.1) is 0 Å². The Balaban J connectivity index is 2.02. The van der Waals surface area contributed by atoms with E-state index in [1.807, 2.05) is 43.3 Å². The van der Waals surface area contributed by atoms with Crippen molar-refractivity contribution in [2.75, 3.05) is 14.2 Å². The van der Waals surface area contributed by atoms with Gasteiger partial charge >= 0.3 is 11.9 Å². The van der Waals surface area contributed by atoms with Gasteiger partial charge < -0.3 is 56.9 Å². The number of carbonyl (C=O) groups excluding carboxylic acids is 7. The number of methoxy groups -OCH3 is 1. The third-order valence-electron chi connectivity index (χ3n) is 12.0. The number of carboxylic acid groups (broad SMARTS) is 2. The molecule has 1 aromatic rings. The van der Waals surface area contributed by atoms with Crippen LogP contribution < -0.4 is 31.9 Å². The number of benzene rings is 1. The smallest absolute Gasteiger partial charge is 0.327 e. The maximum absolute atomic E-state index is 13.9. The van der Waals surface area contributed by atoms with Gasteiger partial charge in [0.25, 0.3) is 5.91 Å². The molecule has 20 heteroatoms. The first-order valence-corrected chi connectivity index (χ1v) is 22.7. The molecule has 0 radical (unpaired) electrons. The average molecular weight is 962 g/mol. The monoisotopic (exact) mass is 961 g/mol. The number of allylic oxidation sites excluding steroid dienone is 3. The molecular weight excluding hydrogens is 895 g/mol. The number of hydrogen-bond acceptors (Lipinski definition) is 11. The second-order valence-corrected chi connectivity index (χ2v) is 17.5. The molecule has 2 aliphatic rings. The fourth-order valence-electron chi connectivity index (χ4n) is 7.36. The number of hydrogen-bond donors (Lipinski definition) is 9. The van der Waals surface area contributed by atoms with Gasteiger partial charge in [-0.3, -0.25) is 33.6 Å². The lowest BCUT2D eigenvalue weighted by Crippen LogP contribution is -2.58. The molecule has 3 rings (SSSR count). The summed E-state index contributed by atoms with van der Waals surface area (Å²) in [6.07, 6.45) is 8.47. The van der Waals surface area contributed by atoms with Gasteiger partial charge in [0.05, 0.1) is 30.1 Å². The number of carbonyl (C=O) groups is 9. The van der Waals surface area contributed by atoms with E-state index in [2.05, 4.69) is 38.5 Å². The summed E-state index contributed by atoms with van der Waals surface area (Å²) in [5, 5.41) is 45.0. The van der Waals surface area contributed by atoms with E-state index in [0.29, 0.717) is 12.0 Å². The van der Waals surface area contributed by atoms with Gasteiger partial charge in [-0.1, -0.05) is 99.7 Å². The number of ether oxygens (including phenoxy) is 1. The number of carboxylic acids is 2. The molecule has 0 saturated carbocycles. The van der Waals surface area contributed by atoms with Gasteiger partial charge in [0.1, 0.15) is 35.9 Å². The number of aliphatic carboxylic acids is 2. The van der Waals surface area contributed by atoms with Gasteiger partial charge in [0, 0.05) is 32.9 Å². The van der Waals surface area contributed by atoms with Crippen molar-refractivity contribution in [3.63, 3.8) is 0 Å².